The molecule has 0 saturated carbocycles. The molecule has 6 nitrogen and oxygen atoms in total. The molecule has 0 bridgehead atoms. The van der Waals surface area contributed by atoms with Crippen molar-refractivity contribution >= 4 is 22.8 Å². The van der Waals surface area contributed by atoms with Crippen LogP contribution in [0.5, 0.6) is 0 Å². The molecular weight excluding hydrogens is 431 g/mol. The maximum Gasteiger partial charge on any atom is 0.416 e. The molecule has 9 heteroatoms. The minimum absolute atomic E-state index is 0.0211. The van der Waals surface area contributed by atoms with E-state index in [4.69, 9.17) is 5.73 Å². The fourth-order valence-corrected chi connectivity index (χ4v) is 3.22. The summed E-state index contributed by atoms with van der Waals surface area (Å²) in [6.45, 7) is 1.58. The summed E-state index contributed by atoms with van der Waals surface area (Å²) in [5, 5.41) is 2.51. The molecule has 0 aliphatic carbocycles. The lowest BCUT2D eigenvalue weighted by Crippen LogP contribution is -2.15. The lowest BCUT2D eigenvalue weighted by atomic mass is 10.0. The summed E-state index contributed by atoms with van der Waals surface area (Å²) in [6, 6.07) is 10.2. The fraction of sp³-hybridized carbons (Fsp3) is 0.125. The van der Waals surface area contributed by atoms with Crippen molar-refractivity contribution in [1.29, 1.82) is 0 Å². The van der Waals surface area contributed by atoms with Crippen molar-refractivity contribution in [3.8, 4) is 11.8 Å². The molecule has 0 aliphatic heterocycles. The average Bonchev–Trinajstić information content (AvgIpc) is 3.26. The lowest BCUT2D eigenvalue weighted by molar-refractivity contribution is -0.138. The number of aromatic amines is 1. The second-order valence-electron chi connectivity index (χ2n) is 7.27. The van der Waals surface area contributed by atoms with E-state index in [1.54, 1.807) is 36.7 Å². The minimum Gasteiger partial charge on any atom is -0.345 e. The summed E-state index contributed by atoms with van der Waals surface area (Å²) < 4.78 is 39.8. The molecule has 4 rings (SSSR count). The number of carbonyl (C=O) groups excluding carboxylic acids is 1. The van der Waals surface area contributed by atoms with Gasteiger partial charge >= 0.3 is 6.18 Å². The number of benzene rings is 2. The first-order chi connectivity index (χ1) is 15.7. The molecule has 2 heterocycles. The van der Waals surface area contributed by atoms with Crippen LogP contribution in [0.15, 0.2) is 54.9 Å². The summed E-state index contributed by atoms with van der Waals surface area (Å²) in [4.78, 5) is 24.3. The number of hydrogen-bond acceptors (Lipinski definition) is 4. The van der Waals surface area contributed by atoms with Crippen molar-refractivity contribution in [3.63, 3.8) is 0 Å². The Bertz CT molecular complexity index is 1410. The number of halogens is 3. The smallest absolute Gasteiger partial charge is 0.345 e. The molecule has 4 N–H and O–H groups in total. The van der Waals surface area contributed by atoms with Crippen LogP contribution in [0.4, 0.5) is 18.9 Å². The summed E-state index contributed by atoms with van der Waals surface area (Å²) in [5.41, 5.74) is 7.99. The maximum atomic E-state index is 13.3. The van der Waals surface area contributed by atoms with Crippen LogP contribution in [-0.2, 0) is 12.7 Å². The molecule has 33 heavy (non-hydrogen) atoms. The molecule has 0 spiro atoms. The van der Waals surface area contributed by atoms with Crippen LogP contribution in [0, 0.1) is 18.8 Å². The number of rotatable bonds is 3. The predicted molar refractivity (Wildman–Crippen MR) is 118 cm³/mol. The van der Waals surface area contributed by atoms with E-state index < -0.39 is 17.6 Å². The zero-order valence-corrected chi connectivity index (χ0v) is 17.4. The van der Waals surface area contributed by atoms with Crippen LogP contribution in [-0.4, -0.2) is 20.9 Å². The quantitative estimate of drug-likeness (QED) is 0.404. The van der Waals surface area contributed by atoms with E-state index in [1.807, 2.05) is 6.92 Å². The Labute approximate surface area is 187 Å². The van der Waals surface area contributed by atoms with Gasteiger partial charge in [0, 0.05) is 29.6 Å². The van der Waals surface area contributed by atoms with Crippen molar-refractivity contribution in [2.45, 2.75) is 19.6 Å². The van der Waals surface area contributed by atoms with Gasteiger partial charge in [0.05, 0.1) is 11.8 Å². The Balaban J connectivity index is 1.58. The van der Waals surface area contributed by atoms with Gasteiger partial charge < -0.3 is 16.0 Å². The van der Waals surface area contributed by atoms with Crippen molar-refractivity contribution in [2.24, 2.45) is 5.73 Å². The topological polar surface area (TPSA) is 96.7 Å². The zero-order chi connectivity index (χ0) is 23.6. The lowest BCUT2D eigenvalue weighted by Gasteiger charge is -2.14. The number of alkyl halides is 3. The number of H-pyrrole nitrogens is 1. The molecule has 0 aliphatic rings. The van der Waals surface area contributed by atoms with Crippen LogP contribution in [0.1, 0.15) is 38.3 Å². The number of nitrogens with one attached hydrogen (secondary N) is 2. The van der Waals surface area contributed by atoms with Gasteiger partial charge in [-0.05, 0) is 54.3 Å². The number of hydrogen-bond donors (Lipinski definition) is 3. The third-order valence-electron chi connectivity index (χ3n) is 4.98. The summed E-state index contributed by atoms with van der Waals surface area (Å²) >= 11 is 0. The highest BCUT2D eigenvalue weighted by atomic mass is 19.4. The van der Waals surface area contributed by atoms with Gasteiger partial charge in [-0.25, -0.2) is 9.97 Å². The Morgan fingerprint density at radius 1 is 1.15 bits per heavy atom. The molecule has 1 amide bonds. The average molecular weight is 449 g/mol. The highest BCUT2D eigenvalue weighted by Crippen LogP contribution is 2.33. The molecule has 2 aromatic heterocycles. The highest BCUT2D eigenvalue weighted by molar-refractivity contribution is 6.04. The van der Waals surface area contributed by atoms with Crippen molar-refractivity contribution in [2.75, 3.05) is 5.32 Å². The molecule has 0 radical (unpaired) electrons. The minimum atomic E-state index is -4.58. The first kappa shape index (κ1) is 22.0. The van der Waals surface area contributed by atoms with Gasteiger partial charge in [-0.1, -0.05) is 18.1 Å². The van der Waals surface area contributed by atoms with Crippen molar-refractivity contribution in [3.05, 3.63) is 88.4 Å². The van der Waals surface area contributed by atoms with Gasteiger partial charge in [-0.2, -0.15) is 13.2 Å². The van der Waals surface area contributed by atoms with Gasteiger partial charge in [-0.15, -0.1) is 0 Å². The number of nitrogens with zero attached hydrogens (tertiary/aromatic N) is 2. The van der Waals surface area contributed by atoms with Crippen LogP contribution in [0.3, 0.4) is 0 Å². The van der Waals surface area contributed by atoms with Crippen LogP contribution >= 0.6 is 0 Å². The third kappa shape index (κ3) is 4.86. The van der Waals surface area contributed by atoms with E-state index in [1.165, 1.54) is 12.1 Å². The second-order valence-corrected chi connectivity index (χ2v) is 7.27. The fourth-order valence-electron chi connectivity index (χ4n) is 3.22. The predicted octanol–water partition coefficient (Wildman–Crippen LogP) is 4.40. The molecular formula is C24H18F3N5O. The SMILES string of the molecule is Cc1ccc(C(=O)Nc2ccc(CN)c(C(F)(F)F)c2)cc1C#Cc1cnc2[nH]ccc2n1. The van der Waals surface area contributed by atoms with Gasteiger partial charge in [0.2, 0.25) is 0 Å². The first-order valence-corrected chi connectivity index (χ1v) is 9.89. The Morgan fingerprint density at radius 3 is 2.73 bits per heavy atom. The number of amides is 1. The largest absolute Gasteiger partial charge is 0.416 e. The Hall–Kier alpha value is -4.16. The Morgan fingerprint density at radius 2 is 1.97 bits per heavy atom. The van der Waals surface area contributed by atoms with Gasteiger partial charge in [0.25, 0.3) is 5.91 Å². The number of fused-ring (bicyclic) bond motifs is 1. The van der Waals surface area contributed by atoms with Gasteiger partial charge in [0.15, 0.2) is 5.65 Å². The van der Waals surface area contributed by atoms with E-state index in [0.717, 1.165) is 11.6 Å². The third-order valence-corrected chi connectivity index (χ3v) is 4.98. The van der Waals surface area contributed by atoms with Gasteiger partial charge in [-0.3, -0.25) is 4.79 Å². The van der Waals surface area contributed by atoms with E-state index >= 15 is 0 Å². The number of carbonyl (C=O) groups is 1. The molecule has 0 saturated heterocycles. The molecule has 0 fully saturated rings. The molecule has 0 atom stereocenters. The zero-order valence-electron chi connectivity index (χ0n) is 17.4. The van der Waals surface area contributed by atoms with E-state index in [-0.39, 0.29) is 23.4 Å². The molecule has 166 valence electrons. The summed E-state index contributed by atoms with van der Waals surface area (Å²) in [6.07, 6.45) is -1.30. The van der Waals surface area contributed by atoms with Gasteiger partial charge in [0.1, 0.15) is 11.2 Å². The summed E-state index contributed by atoms with van der Waals surface area (Å²) in [5.74, 6) is 5.36. The van der Waals surface area contributed by atoms with Crippen molar-refractivity contribution < 1.29 is 18.0 Å². The van der Waals surface area contributed by atoms with E-state index in [9.17, 15) is 18.0 Å². The number of aromatic nitrogens is 3. The molecule has 4 aromatic rings. The van der Waals surface area contributed by atoms with Crippen molar-refractivity contribution in [1.82, 2.24) is 15.0 Å². The maximum absolute atomic E-state index is 13.3. The van der Waals surface area contributed by atoms with E-state index in [0.29, 0.717) is 22.4 Å². The standard InChI is InChI=1S/C24H18F3N5O/c1-14-2-3-16(10-15(14)4-7-19-13-30-22-21(31-19)8-9-29-22)23(33)32-18-6-5-17(12-28)20(11-18)24(25,26)27/h2-3,5-6,8-11,13H,12,28H2,1H3,(H,29,30)(H,32,33). The molecule has 0 unspecified atom stereocenters. The monoisotopic (exact) mass is 449 g/mol. The van der Waals surface area contributed by atoms with E-state index in [2.05, 4.69) is 32.1 Å². The summed E-state index contributed by atoms with van der Waals surface area (Å²) in [7, 11) is 0. The number of aryl methyl sites for hydroxylation is 1. The number of nitrogens with two attached hydrogens (primary N) is 1. The number of anilines is 1. The van der Waals surface area contributed by atoms with Crippen LogP contribution in [0.25, 0.3) is 11.2 Å². The highest BCUT2D eigenvalue weighted by Gasteiger charge is 2.33. The van der Waals surface area contributed by atoms with Crippen LogP contribution in [0.2, 0.25) is 0 Å². The van der Waals surface area contributed by atoms with Crippen LogP contribution < -0.4 is 11.1 Å². The second kappa shape index (κ2) is 8.76. The Kier molecular flexibility index (Phi) is 5.85. The first-order valence-electron chi connectivity index (χ1n) is 9.89. The normalized spacial score (nSPS) is 11.2. The molecule has 2 aromatic carbocycles.